The maximum absolute atomic E-state index is 12.5. The average Bonchev–Trinajstić information content (AvgIpc) is 2.67. The molecule has 0 aliphatic heterocycles. The lowest BCUT2D eigenvalue weighted by Crippen LogP contribution is -2.13. The van der Waals surface area contributed by atoms with E-state index in [0.717, 1.165) is 25.0 Å². The average molecular weight is 357 g/mol. The first-order valence-corrected chi connectivity index (χ1v) is 9.03. The third kappa shape index (κ3) is 5.69. The van der Waals surface area contributed by atoms with E-state index in [9.17, 15) is 4.79 Å². The first kappa shape index (κ1) is 19.6. The lowest BCUT2D eigenvalue weighted by molar-refractivity contribution is 0.102. The van der Waals surface area contributed by atoms with Crippen molar-refractivity contribution in [1.82, 2.24) is 0 Å². The van der Waals surface area contributed by atoms with Crippen LogP contribution < -0.4 is 19.5 Å². The number of ether oxygens (including phenoxy) is 3. The van der Waals surface area contributed by atoms with E-state index in [1.807, 2.05) is 19.1 Å². The van der Waals surface area contributed by atoms with E-state index in [4.69, 9.17) is 14.2 Å². The summed E-state index contributed by atoms with van der Waals surface area (Å²) in [5, 5.41) is 2.88. The fourth-order valence-electron chi connectivity index (χ4n) is 2.45. The van der Waals surface area contributed by atoms with Gasteiger partial charge in [-0.15, -0.1) is 0 Å². The molecule has 0 spiro atoms. The van der Waals surface area contributed by atoms with Crippen molar-refractivity contribution in [2.45, 2.75) is 33.1 Å². The van der Waals surface area contributed by atoms with Crippen LogP contribution in [0.4, 0.5) is 5.69 Å². The zero-order valence-corrected chi connectivity index (χ0v) is 15.7. The Morgan fingerprint density at radius 3 is 2.35 bits per heavy atom. The molecule has 2 aromatic carbocycles. The van der Waals surface area contributed by atoms with Gasteiger partial charge in [-0.25, -0.2) is 0 Å². The van der Waals surface area contributed by atoms with Gasteiger partial charge in [0.1, 0.15) is 17.2 Å². The number of methoxy groups -OCH3 is 1. The van der Waals surface area contributed by atoms with Crippen LogP contribution in [-0.2, 0) is 0 Å². The summed E-state index contributed by atoms with van der Waals surface area (Å²) in [6, 6.07) is 12.5. The molecule has 0 fully saturated rings. The zero-order valence-electron chi connectivity index (χ0n) is 15.7. The Labute approximate surface area is 155 Å². The Morgan fingerprint density at radius 2 is 1.69 bits per heavy atom. The van der Waals surface area contributed by atoms with E-state index >= 15 is 0 Å². The van der Waals surface area contributed by atoms with Gasteiger partial charge in [0.2, 0.25) is 0 Å². The monoisotopic (exact) mass is 357 g/mol. The third-order valence-corrected chi connectivity index (χ3v) is 3.87. The minimum absolute atomic E-state index is 0.211. The van der Waals surface area contributed by atoms with Gasteiger partial charge < -0.3 is 19.5 Å². The zero-order chi connectivity index (χ0) is 18.8. The van der Waals surface area contributed by atoms with E-state index in [-0.39, 0.29) is 5.91 Å². The van der Waals surface area contributed by atoms with Crippen molar-refractivity contribution < 1.29 is 19.0 Å². The van der Waals surface area contributed by atoms with Crippen LogP contribution >= 0.6 is 0 Å². The van der Waals surface area contributed by atoms with Crippen LogP contribution in [0.2, 0.25) is 0 Å². The molecule has 0 aliphatic rings. The molecule has 0 atom stereocenters. The Balaban J connectivity index is 2.03. The largest absolute Gasteiger partial charge is 0.497 e. The van der Waals surface area contributed by atoms with Gasteiger partial charge in [-0.2, -0.15) is 0 Å². The number of carbonyl (C=O) groups excluding carboxylic acids is 1. The molecule has 0 radical (unpaired) electrons. The van der Waals surface area contributed by atoms with Gasteiger partial charge in [0.25, 0.3) is 5.91 Å². The van der Waals surface area contributed by atoms with Crippen molar-refractivity contribution in [2.75, 3.05) is 25.6 Å². The quantitative estimate of drug-likeness (QED) is 0.614. The number of rotatable bonds is 10. The Hall–Kier alpha value is -2.69. The molecule has 1 amide bonds. The summed E-state index contributed by atoms with van der Waals surface area (Å²) >= 11 is 0. The van der Waals surface area contributed by atoms with Crippen LogP contribution in [0, 0.1) is 0 Å². The van der Waals surface area contributed by atoms with Crippen LogP contribution in [0.3, 0.4) is 0 Å². The highest BCUT2D eigenvalue weighted by molar-refractivity contribution is 6.05. The first-order valence-electron chi connectivity index (χ1n) is 9.03. The fourth-order valence-corrected chi connectivity index (χ4v) is 2.45. The Kier molecular flexibility index (Phi) is 7.80. The summed E-state index contributed by atoms with van der Waals surface area (Å²) in [4.78, 5) is 12.5. The molecule has 0 bridgehead atoms. The van der Waals surface area contributed by atoms with Crippen LogP contribution in [0.15, 0.2) is 42.5 Å². The molecular formula is C21H27NO4. The lowest BCUT2D eigenvalue weighted by Gasteiger charge is -2.13. The number of hydrogen-bond donors (Lipinski definition) is 1. The highest BCUT2D eigenvalue weighted by atomic mass is 16.5. The summed E-state index contributed by atoms with van der Waals surface area (Å²) in [7, 11) is 1.58. The number of anilines is 1. The van der Waals surface area contributed by atoms with Gasteiger partial charge in [0.15, 0.2) is 0 Å². The molecule has 0 aliphatic carbocycles. The van der Waals surface area contributed by atoms with Crippen LogP contribution in [-0.4, -0.2) is 26.2 Å². The SMILES string of the molecule is CCCCCOc1ccc(C(=O)Nc2cc(OC)ccc2OCC)cc1. The van der Waals surface area contributed by atoms with Gasteiger partial charge in [0.05, 0.1) is 26.0 Å². The number of benzene rings is 2. The lowest BCUT2D eigenvalue weighted by atomic mass is 10.2. The van der Waals surface area contributed by atoms with E-state index in [1.165, 1.54) is 0 Å². The normalized spacial score (nSPS) is 10.3. The third-order valence-electron chi connectivity index (χ3n) is 3.87. The van der Waals surface area contributed by atoms with Gasteiger partial charge in [-0.1, -0.05) is 19.8 Å². The molecule has 0 unspecified atom stereocenters. The minimum Gasteiger partial charge on any atom is -0.497 e. The summed E-state index contributed by atoms with van der Waals surface area (Å²) in [5.74, 6) is 1.82. The number of carbonyl (C=O) groups is 1. The maximum atomic E-state index is 12.5. The molecule has 5 nitrogen and oxygen atoms in total. The summed E-state index contributed by atoms with van der Waals surface area (Å²) < 4.78 is 16.5. The first-order chi connectivity index (χ1) is 12.7. The van der Waals surface area contributed by atoms with Gasteiger partial charge in [-0.05, 0) is 49.7 Å². The van der Waals surface area contributed by atoms with Crippen molar-refractivity contribution in [3.05, 3.63) is 48.0 Å². The molecule has 2 rings (SSSR count). The Bertz CT molecular complexity index is 698. The molecule has 0 aromatic heterocycles. The number of unbranched alkanes of at least 4 members (excludes halogenated alkanes) is 2. The van der Waals surface area contributed by atoms with Crippen LogP contribution in [0.1, 0.15) is 43.5 Å². The van der Waals surface area contributed by atoms with Gasteiger partial charge in [0, 0.05) is 11.6 Å². The molecular weight excluding hydrogens is 330 g/mol. The standard InChI is InChI=1S/C21H27NO4/c1-4-6-7-14-26-17-10-8-16(9-11-17)21(23)22-19-15-18(24-3)12-13-20(19)25-5-2/h8-13,15H,4-7,14H2,1-3H3,(H,22,23). The smallest absolute Gasteiger partial charge is 0.255 e. The van der Waals surface area contributed by atoms with Crippen molar-refractivity contribution in [2.24, 2.45) is 0 Å². The minimum atomic E-state index is -0.211. The summed E-state index contributed by atoms with van der Waals surface area (Å²) in [5.41, 5.74) is 1.13. The van der Waals surface area contributed by atoms with Crippen LogP contribution in [0.5, 0.6) is 17.2 Å². The maximum Gasteiger partial charge on any atom is 0.255 e. The van der Waals surface area contributed by atoms with E-state index in [0.29, 0.717) is 36.0 Å². The second kappa shape index (κ2) is 10.3. The fraction of sp³-hybridized carbons (Fsp3) is 0.381. The second-order valence-electron chi connectivity index (χ2n) is 5.83. The van der Waals surface area contributed by atoms with Crippen molar-refractivity contribution in [3.63, 3.8) is 0 Å². The predicted octanol–water partition coefficient (Wildman–Crippen LogP) is 4.92. The van der Waals surface area contributed by atoms with Crippen molar-refractivity contribution >= 4 is 11.6 Å². The van der Waals surface area contributed by atoms with Crippen molar-refractivity contribution in [3.8, 4) is 17.2 Å². The topological polar surface area (TPSA) is 56.8 Å². The molecule has 1 N–H and O–H groups in total. The highest BCUT2D eigenvalue weighted by Gasteiger charge is 2.11. The molecule has 140 valence electrons. The highest BCUT2D eigenvalue weighted by Crippen LogP contribution is 2.29. The molecule has 0 saturated heterocycles. The molecule has 5 heteroatoms. The summed E-state index contributed by atoms with van der Waals surface area (Å²) in [6.07, 6.45) is 3.36. The Morgan fingerprint density at radius 1 is 0.962 bits per heavy atom. The molecule has 0 heterocycles. The number of nitrogens with one attached hydrogen (secondary N) is 1. The summed E-state index contributed by atoms with van der Waals surface area (Å²) in [6.45, 7) is 5.27. The molecule has 0 saturated carbocycles. The predicted molar refractivity (Wildman–Crippen MR) is 104 cm³/mol. The van der Waals surface area contributed by atoms with Crippen LogP contribution in [0.25, 0.3) is 0 Å². The number of hydrogen-bond acceptors (Lipinski definition) is 4. The van der Waals surface area contributed by atoms with E-state index < -0.39 is 0 Å². The van der Waals surface area contributed by atoms with Gasteiger partial charge in [-0.3, -0.25) is 4.79 Å². The number of amides is 1. The van der Waals surface area contributed by atoms with Gasteiger partial charge >= 0.3 is 0 Å². The molecule has 2 aromatic rings. The van der Waals surface area contributed by atoms with E-state index in [1.54, 1.807) is 37.4 Å². The second-order valence-corrected chi connectivity index (χ2v) is 5.83. The molecule has 26 heavy (non-hydrogen) atoms. The van der Waals surface area contributed by atoms with Crippen molar-refractivity contribution in [1.29, 1.82) is 0 Å². The van der Waals surface area contributed by atoms with E-state index in [2.05, 4.69) is 12.2 Å².